The first-order valence-electron chi connectivity index (χ1n) is 10.2. The Balaban J connectivity index is 2.16. The van der Waals surface area contributed by atoms with Crippen molar-refractivity contribution in [3.05, 3.63) is 76.0 Å². The molecule has 1 aromatic heterocycles. The van der Waals surface area contributed by atoms with Crippen LogP contribution < -0.4 is 21.7 Å². The number of carbonyl (C=O) groups excluding carboxylic acids is 3. The van der Waals surface area contributed by atoms with E-state index in [9.17, 15) is 18.8 Å². The summed E-state index contributed by atoms with van der Waals surface area (Å²) >= 11 is 0.708. The standard InChI is InChI=1S/C23H24FN5O4S/c1-13-3-9-16(10-4-13)29(23(32)20-17(25)18(21(26)30)28-34-20)19(22(31)27-11-12-33-2)14-5-7-15(24)8-6-14/h3-10,19H,11-12,25H2,1-2H3,(H2,26,30)(H,27,31). The van der Waals surface area contributed by atoms with E-state index in [-0.39, 0.29) is 29.4 Å². The van der Waals surface area contributed by atoms with Gasteiger partial charge in [0.1, 0.15) is 16.7 Å². The van der Waals surface area contributed by atoms with E-state index in [1.54, 1.807) is 24.3 Å². The quantitative estimate of drug-likeness (QED) is 0.398. The summed E-state index contributed by atoms with van der Waals surface area (Å²) in [5.74, 6) is -2.55. The van der Waals surface area contributed by atoms with E-state index in [0.717, 1.165) is 5.56 Å². The molecule has 178 valence electrons. The lowest BCUT2D eigenvalue weighted by molar-refractivity contribution is -0.122. The number of primary amides is 1. The topological polar surface area (TPSA) is 141 Å². The SMILES string of the molecule is COCCNC(=O)C(c1ccc(F)cc1)N(C(=O)c1snc(C(N)=O)c1N)c1ccc(C)cc1. The van der Waals surface area contributed by atoms with Crippen LogP contribution in [0.4, 0.5) is 15.8 Å². The van der Waals surface area contributed by atoms with Gasteiger partial charge in [-0.15, -0.1) is 0 Å². The number of rotatable bonds is 9. The molecular weight excluding hydrogens is 461 g/mol. The lowest BCUT2D eigenvalue weighted by Crippen LogP contribution is -2.44. The van der Waals surface area contributed by atoms with Crippen molar-refractivity contribution < 1.29 is 23.5 Å². The lowest BCUT2D eigenvalue weighted by atomic mass is 10.0. The summed E-state index contributed by atoms with van der Waals surface area (Å²) in [6.07, 6.45) is 0. The van der Waals surface area contributed by atoms with Crippen LogP contribution in [-0.2, 0) is 9.53 Å². The van der Waals surface area contributed by atoms with Crippen LogP contribution in [0.15, 0.2) is 48.5 Å². The Bertz CT molecular complexity index is 1180. The fourth-order valence-corrected chi connectivity index (χ4v) is 4.01. The normalized spacial score (nSPS) is 11.6. The van der Waals surface area contributed by atoms with Crippen LogP contribution in [0.5, 0.6) is 0 Å². The lowest BCUT2D eigenvalue weighted by Gasteiger charge is -2.31. The van der Waals surface area contributed by atoms with Crippen LogP contribution >= 0.6 is 11.5 Å². The van der Waals surface area contributed by atoms with E-state index in [1.807, 2.05) is 6.92 Å². The first-order valence-corrected chi connectivity index (χ1v) is 11.0. The fourth-order valence-electron chi connectivity index (χ4n) is 3.26. The van der Waals surface area contributed by atoms with Crippen LogP contribution in [0, 0.1) is 12.7 Å². The molecule has 0 bridgehead atoms. The summed E-state index contributed by atoms with van der Waals surface area (Å²) in [7, 11) is 1.49. The molecule has 0 aliphatic carbocycles. The molecule has 0 fully saturated rings. The van der Waals surface area contributed by atoms with Crippen LogP contribution in [0.25, 0.3) is 0 Å². The molecule has 1 atom stereocenters. The van der Waals surface area contributed by atoms with E-state index in [2.05, 4.69) is 9.69 Å². The van der Waals surface area contributed by atoms with Crippen molar-refractivity contribution in [2.45, 2.75) is 13.0 Å². The molecule has 2 aromatic carbocycles. The van der Waals surface area contributed by atoms with E-state index in [1.165, 1.54) is 36.3 Å². The zero-order valence-corrected chi connectivity index (χ0v) is 19.4. The molecule has 5 N–H and O–H groups in total. The number of nitrogens with zero attached hydrogens (tertiary/aromatic N) is 2. The minimum Gasteiger partial charge on any atom is -0.395 e. The molecule has 3 rings (SSSR count). The van der Waals surface area contributed by atoms with Crippen molar-refractivity contribution >= 4 is 40.6 Å². The Kier molecular flexibility index (Phi) is 7.92. The molecule has 0 saturated heterocycles. The second-order valence-corrected chi connectivity index (χ2v) is 8.16. The maximum Gasteiger partial charge on any atom is 0.273 e. The fraction of sp³-hybridized carbons (Fsp3) is 0.217. The van der Waals surface area contributed by atoms with Gasteiger partial charge in [0.15, 0.2) is 5.69 Å². The monoisotopic (exact) mass is 485 g/mol. The first kappa shape index (κ1) is 24.8. The van der Waals surface area contributed by atoms with Gasteiger partial charge in [0.2, 0.25) is 5.91 Å². The number of aromatic nitrogens is 1. The molecule has 0 saturated carbocycles. The number of hydrogen-bond donors (Lipinski definition) is 3. The highest BCUT2D eigenvalue weighted by molar-refractivity contribution is 7.09. The predicted molar refractivity (Wildman–Crippen MR) is 127 cm³/mol. The minimum atomic E-state index is -1.19. The van der Waals surface area contributed by atoms with Gasteiger partial charge >= 0.3 is 0 Å². The largest absolute Gasteiger partial charge is 0.395 e. The third kappa shape index (κ3) is 5.38. The highest BCUT2D eigenvalue weighted by Crippen LogP contribution is 2.33. The van der Waals surface area contributed by atoms with Gasteiger partial charge in [-0.3, -0.25) is 19.3 Å². The number of hydrogen-bond acceptors (Lipinski definition) is 7. The summed E-state index contributed by atoms with van der Waals surface area (Å²) in [5, 5.41) is 2.73. The number of ether oxygens (including phenoxy) is 1. The van der Waals surface area contributed by atoms with E-state index in [4.69, 9.17) is 16.2 Å². The molecular formula is C23H24FN5O4S. The van der Waals surface area contributed by atoms with Gasteiger partial charge in [0, 0.05) is 19.3 Å². The number of carbonyl (C=O) groups is 3. The molecule has 9 nitrogen and oxygen atoms in total. The van der Waals surface area contributed by atoms with Crippen LogP contribution in [0.3, 0.4) is 0 Å². The number of nitrogens with one attached hydrogen (secondary N) is 1. The van der Waals surface area contributed by atoms with Gasteiger partial charge in [-0.1, -0.05) is 29.8 Å². The number of nitrogens with two attached hydrogens (primary N) is 2. The first-order chi connectivity index (χ1) is 16.2. The summed E-state index contributed by atoms with van der Waals surface area (Å²) < 4.78 is 22.6. The van der Waals surface area contributed by atoms with Gasteiger partial charge in [-0.25, -0.2) is 4.39 Å². The van der Waals surface area contributed by atoms with Gasteiger partial charge in [0.25, 0.3) is 11.8 Å². The molecule has 3 aromatic rings. The Morgan fingerprint density at radius 1 is 1.15 bits per heavy atom. The molecule has 0 aliphatic rings. The van der Waals surface area contributed by atoms with Crippen molar-refractivity contribution in [3.8, 4) is 0 Å². The number of anilines is 2. The predicted octanol–water partition coefficient (Wildman–Crippen LogP) is 2.42. The number of methoxy groups -OCH3 is 1. The molecule has 0 radical (unpaired) electrons. The van der Waals surface area contributed by atoms with E-state index in [0.29, 0.717) is 22.8 Å². The van der Waals surface area contributed by atoms with Crippen molar-refractivity contribution in [2.24, 2.45) is 5.73 Å². The average molecular weight is 486 g/mol. The Hall–Kier alpha value is -3.83. The van der Waals surface area contributed by atoms with Crippen molar-refractivity contribution in [3.63, 3.8) is 0 Å². The number of amides is 3. The van der Waals surface area contributed by atoms with Gasteiger partial charge in [0.05, 0.1) is 12.3 Å². The second kappa shape index (κ2) is 10.9. The number of benzene rings is 2. The zero-order chi connectivity index (χ0) is 24.8. The smallest absolute Gasteiger partial charge is 0.273 e. The maximum atomic E-state index is 13.8. The van der Waals surface area contributed by atoms with Crippen molar-refractivity contribution in [1.82, 2.24) is 9.69 Å². The third-order valence-electron chi connectivity index (χ3n) is 4.98. The number of halogens is 1. The average Bonchev–Trinajstić information content (AvgIpc) is 3.20. The summed E-state index contributed by atoms with van der Waals surface area (Å²) in [5.41, 5.74) is 12.6. The van der Waals surface area contributed by atoms with Gasteiger partial charge < -0.3 is 21.5 Å². The maximum absolute atomic E-state index is 13.8. The van der Waals surface area contributed by atoms with Crippen molar-refractivity contribution in [2.75, 3.05) is 30.9 Å². The molecule has 34 heavy (non-hydrogen) atoms. The van der Waals surface area contributed by atoms with E-state index >= 15 is 0 Å². The Morgan fingerprint density at radius 3 is 2.35 bits per heavy atom. The Morgan fingerprint density at radius 2 is 1.79 bits per heavy atom. The minimum absolute atomic E-state index is 0.0498. The molecule has 11 heteroatoms. The molecule has 0 aliphatic heterocycles. The molecule has 3 amide bonds. The molecule has 1 heterocycles. The Labute approximate surface area is 199 Å². The van der Waals surface area contributed by atoms with Gasteiger partial charge in [-0.05, 0) is 48.3 Å². The van der Waals surface area contributed by atoms with Crippen LogP contribution in [0.1, 0.15) is 37.3 Å². The van der Waals surface area contributed by atoms with Crippen LogP contribution in [0.2, 0.25) is 0 Å². The second-order valence-electron chi connectivity index (χ2n) is 7.39. The van der Waals surface area contributed by atoms with Gasteiger partial charge in [-0.2, -0.15) is 4.37 Å². The summed E-state index contributed by atoms with van der Waals surface area (Å²) in [6, 6.07) is 11.0. The molecule has 1 unspecified atom stereocenters. The number of nitrogen functional groups attached to an aromatic ring is 1. The number of aryl methyl sites for hydroxylation is 1. The van der Waals surface area contributed by atoms with Crippen molar-refractivity contribution in [1.29, 1.82) is 0 Å². The highest BCUT2D eigenvalue weighted by atomic mass is 32.1. The zero-order valence-electron chi connectivity index (χ0n) is 18.6. The third-order valence-corrected chi connectivity index (χ3v) is 5.84. The highest BCUT2D eigenvalue weighted by Gasteiger charge is 2.36. The molecule has 0 spiro atoms. The van der Waals surface area contributed by atoms with E-state index < -0.39 is 29.6 Å². The van der Waals surface area contributed by atoms with Crippen LogP contribution in [-0.4, -0.2) is 42.4 Å². The summed E-state index contributed by atoms with van der Waals surface area (Å²) in [4.78, 5) is 40.0. The summed E-state index contributed by atoms with van der Waals surface area (Å²) in [6.45, 7) is 2.33.